The van der Waals surface area contributed by atoms with Crippen molar-refractivity contribution in [1.82, 2.24) is 9.97 Å². The van der Waals surface area contributed by atoms with Gasteiger partial charge >= 0.3 is 0 Å². The van der Waals surface area contributed by atoms with Crippen molar-refractivity contribution in [3.05, 3.63) is 80.8 Å². The second kappa shape index (κ2) is 5.85. The highest BCUT2D eigenvalue weighted by Crippen LogP contribution is 2.49. The fourth-order valence-corrected chi connectivity index (χ4v) is 6.82. The van der Waals surface area contributed by atoms with Crippen LogP contribution in [0, 0.1) is 6.92 Å². The van der Waals surface area contributed by atoms with E-state index in [1.54, 1.807) is 0 Å². The molecule has 0 fully saturated rings. The quantitative estimate of drug-likeness (QED) is 0.223. The van der Waals surface area contributed by atoms with Crippen LogP contribution in [0.1, 0.15) is 27.8 Å². The SMILES string of the molecule is Cc1ccc2[nH]c3c4c5c(cc3c2c1)CCc1cc2c([nH]c3ccc(Br)cc32)c(c1-5)CC4. The number of H-pyrrole nitrogens is 2. The average molecular weight is 477 g/mol. The van der Waals surface area contributed by atoms with Crippen molar-refractivity contribution in [3.63, 3.8) is 0 Å². The van der Waals surface area contributed by atoms with E-state index in [0.29, 0.717) is 0 Å². The van der Waals surface area contributed by atoms with E-state index in [9.17, 15) is 0 Å². The number of aromatic amines is 2. The molecule has 2 aliphatic carbocycles. The Morgan fingerprint density at radius 1 is 0.625 bits per heavy atom. The van der Waals surface area contributed by atoms with Gasteiger partial charge in [-0.3, -0.25) is 0 Å². The highest BCUT2D eigenvalue weighted by molar-refractivity contribution is 9.10. The van der Waals surface area contributed by atoms with E-state index in [4.69, 9.17) is 0 Å². The zero-order valence-electron chi connectivity index (χ0n) is 17.8. The summed E-state index contributed by atoms with van der Waals surface area (Å²) in [7, 11) is 0. The van der Waals surface area contributed by atoms with Crippen molar-refractivity contribution in [2.24, 2.45) is 0 Å². The molecule has 0 atom stereocenters. The Morgan fingerprint density at radius 2 is 1.19 bits per heavy atom. The predicted octanol–water partition coefficient (Wildman–Crippen LogP) is 7.89. The summed E-state index contributed by atoms with van der Waals surface area (Å²) in [5, 5.41) is 5.48. The lowest BCUT2D eigenvalue weighted by Crippen LogP contribution is -2.15. The van der Waals surface area contributed by atoms with Crippen LogP contribution in [0.3, 0.4) is 0 Å². The number of hydrogen-bond donors (Lipinski definition) is 2. The Morgan fingerprint density at radius 3 is 1.81 bits per heavy atom. The molecule has 2 aromatic heterocycles. The van der Waals surface area contributed by atoms with Gasteiger partial charge < -0.3 is 9.97 Å². The largest absolute Gasteiger partial charge is 0.354 e. The van der Waals surface area contributed by atoms with Crippen LogP contribution in [-0.2, 0) is 25.7 Å². The Balaban J connectivity index is 1.51. The van der Waals surface area contributed by atoms with Gasteiger partial charge in [-0.1, -0.05) is 27.6 Å². The summed E-state index contributed by atoms with van der Waals surface area (Å²) in [5.74, 6) is 0. The van der Waals surface area contributed by atoms with Crippen molar-refractivity contribution in [3.8, 4) is 11.1 Å². The van der Waals surface area contributed by atoms with Crippen LogP contribution >= 0.6 is 15.9 Å². The molecule has 2 aliphatic rings. The summed E-state index contributed by atoms with van der Waals surface area (Å²) < 4.78 is 1.14. The van der Waals surface area contributed by atoms with E-state index in [1.807, 2.05) is 0 Å². The smallest absolute Gasteiger partial charge is 0.0503 e. The van der Waals surface area contributed by atoms with E-state index in [-0.39, 0.29) is 0 Å². The highest BCUT2D eigenvalue weighted by Gasteiger charge is 2.30. The molecule has 2 N–H and O–H groups in total. The summed E-state index contributed by atoms with van der Waals surface area (Å²) >= 11 is 3.67. The molecule has 2 nitrogen and oxygen atoms in total. The van der Waals surface area contributed by atoms with Gasteiger partial charge in [-0.15, -0.1) is 0 Å². The second-order valence-electron chi connectivity index (χ2n) is 9.61. The summed E-state index contributed by atoms with van der Waals surface area (Å²) in [6, 6.07) is 18.3. The monoisotopic (exact) mass is 476 g/mol. The van der Waals surface area contributed by atoms with Crippen LogP contribution in [0.5, 0.6) is 0 Å². The minimum absolute atomic E-state index is 1.09. The summed E-state index contributed by atoms with van der Waals surface area (Å²) in [4.78, 5) is 7.56. The molecule has 6 aromatic rings. The van der Waals surface area contributed by atoms with Gasteiger partial charge in [0.15, 0.2) is 0 Å². The molecule has 154 valence electrons. The third-order valence-corrected chi connectivity index (χ3v) is 8.31. The molecule has 0 radical (unpaired) electrons. The van der Waals surface area contributed by atoms with Gasteiger partial charge in [0.1, 0.15) is 0 Å². The van der Waals surface area contributed by atoms with Gasteiger partial charge in [0, 0.05) is 37.1 Å². The van der Waals surface area contributed by atoms with Crippen LogP contribution in [0.2, 0.25) is 0 Å². The molecule has 0 unspecified atom stereocenters. The summed E-state index contributed by atoms with van der Waals surface area (Å²) in [6.45, 7) is 2.19. The molecule has 0 saturated heterocycles. The fraction of sp³-hybridized carbons (Fsp3) is 0.172. The lowest BCUT2D eigenvalue weighted by molar-refractivity contribution is 0.888. The van der Waals surface area contributed by atoms with E-state index in [2.05, 4.69) is 81.4 Å². The third kappa shape index (κ3) is 2.10. The molecule has 0 bridgehead atoms. The maximum atomic E-state index is 3.79. The van der Waals surface area contributed by atoms with E-state index in [1.165, 1.54) is 82.6 Å². The molecule has 8 rings (SSSR count). The topological polar surface area (TPSA) is 31.6 Å². The Bertz CT molecular complexity index is 1660. The number of rotatable bonds is 0. The number of benzene rings is 4. The Kier molecular flexibility index (Phi) is 3.20. The normalized spacial score (nSPS) is 14.7. The van der Waals surface area contributed by atoms with Crippen LogP contribution in [0.15, 0.2) is 53.0 Å². The number of aryl methyl sites for hydroxylation is 5. The van der Waals surface area contributed by atoms with Gasteiger partial charge in [-0.05, 0) is 108 Å². The van der Waals surface area contributed by atoms with Crippen molar-refractivity contribution in [1.29, 1.82) is 0 Å². The maximum Gasteiger partial charge on any atom is 0.0503 e. The van der Waals surface area contributed by atoms with Crippen molar-refractivity contribution in [2.45, 2.75) is 32.6 Å². The van der Waals surface area contributed by atoms with Crippen molar-refractivity contribution < 1.29 is 0 Å². The highest BCUT2D eigenvalue weighted by atomic mass is 79.9. The number of fused-ring (bicyclic) bond motifs is 8. The number of aromatic nitrogens is 2. The van der Waals surface area contributed by atoms with Gasteiger partial charge in [-0.25, -0.2) is 0 Å². The molecule has 3 heteroatoms. The van der Waals surface area contributed by atoms with Gasteiger partial charge in [0.05, 0.1) is 11.0 Å². The molecule has 0 saturated carbocycles. The Labute approximate surface area is 193 Å². The van der Waals surface area contributed by atoms with E-state index in [0.717, 1.165) is 30.2 Å². The number of nitrogens with one attached hydrogen (secondary N) is 2. The van der Waals surface area contributed by atoms with E-state index >= 15 is 0 Å². The predicted molar refractivity (Wildman–Crippen MR) is 138 cm³/mol. The van der Waals surface area contributed by atoms with Crippen molar-refractivity contribution >= 4 is 59.5 Å². The first kappa shape index (κ1) is 17.5. The molecule has 0 spiro atoms. The average Bonchev–Trinajstić information content (AvgIpc) is 3.34. The van der Waals surface area contributed by atoms with Crippen LogP contribution in [-0.4, -0.2) is 9.97 Å². The first-order valence-electron chi connectivity index (χ1n) is 11.5. The molecule has 0 amide bonds. The molecular weight excluding hydrogens is 456 g/mol. The maximum absolute atomic E-state index is 3.79. The minimum Gasteiger partial charge on any atom is -0.354 e. The summed E-state index contributed by atoms with van der Waals surface area (Å²) in [5.41, 5.74) is 15.6. The second-order valence-corrected chi connectivity index (χ2v) is 10.5. The van der Waals surface area contributed by atoms with Crippen LogP contribution < -0.4 is 0 Å². The van der Waals surface area contributed by atoms with Crippen LogP contribution in [0.25, 0.3) is 54.7 Å². The van der Waals surface area contributed by atoms with Gasteiger partial charge in [-0.2, -0.15) is 0 Å². The number of hydrogen-bond acceptors (Lipinski definition) is 0. The first-order chi connectivity index (χ1) is 15.7. The molecule has 2 heterocycles. The minimum atomic E-state index is 1.09. The zero-order valence-corrected chi connectivity index (χ0v) is 19.4. The molecule has 4 aromatic carbocycles. The third-order valence-electron chi connectivity index (χ3n) is 7.82. The number of halogens is 1. The molecule has 0 aliphatic heterocycles. The zero-order chi connectivity index (χ0) is 21.1. The first-order valence-corrected chi connectivity index (χ1v) is 12.3. The molecular formula is C29H21BrN2. The van der Waals surface area contributed by atoms with Gasteiger partial charge in [0.25, 0.3) is 0 Å². The standard InChI is InChI=1S/C29H21BrN2/c1-14-2-8-24-20(10-14)22-11-15-3-4-16-12-23-21-13-17(30)5-9-25(21)32-29(23)19-7-6-18(28(22)31-24)26(15)27(16)19/h2,5,8-13,31-32H,3-4,6-7H2,1H3. The lowest BCUT2D eigenvalue weighted by Gasteiger charge is -2.30. The summed E-state index contributed by atoms with van der Waals surface area (Å²) in [6.07, 6.45) is 4.43. The van der Waals surface area contributed by atoms with Crippen molar-refractivity contribution in [2.75, 3.05) is 0 Å². The van der Waals surface area contributed by atoms with Gasteiger partial charge in [0.2, 0.25) is 0 Å². The fourth-order valence-electron chi connectivity index (χ4n) is 6.45. The van der Waals surface area contributed by atoms with Crippen LogP contribution in [0.4, 0.5) is 0 Å². The van der Waals surface area contributed by atoms with E-state index < -0.39 is 0 Å². The lowest BCUT2D eigenvalue weighted by atomic mass is 9.74. The Hall–Kier alpha value is -3.04. The molecule has 32 heavy (non-hydrogen) atoms.